The van der Waals surface area contributed by atoms with Gasteiger partial charge in [0.1, 0.15) is 5.52 Å². The highest BCUT2D eigenvalue weighted by molar-refractivity contribution is 5.88. The Morgan fingerprint density at radius 3 is 2.78 bits per heavy atom. The first kappa shape index (κ1) is 12.6. The maximum Gasteiger partial charge on any atom is 0.244 e. The molecule has 0 unspecified atom stereocenters. The standard InChI is InChI=1S/C13H17N3O2/c1-8-15-10-6-5-9(7-11(10)18-8)13(2,3)12(17)16-14-4/h5-7,14H,1-4H3,(H,16,17). The topological polar surface area (TPSA) is 67.2 Å². The van der Waals surface area contributed by atoms with Crippen molar-refractivity contribution >= 4 is 17.0 Å². The second-order valence-corrected chi connectivity index (χ2v) is 4.74. The fraction of sp³-hybridized carbons (Fsp3) is 0.385. The van der Waals surface area contributed by atoms with Crippen molar-refractivity contribution < 1.29 is 9.21 Å². The van der Waals surface area contributed by atoms with Crippen molar-refractivity contribution in [3.05, 3.63) is 29.7 Å². The van der Waals surface area contributed by atoms with Crippen molar-refractivity contribution in [1.29, 1.82) is 0 Å². The van der Waals surface area contributed by atoms with Crippen LogP contribution in [0.15, 0.2) is 22.6 Å². The van der Waals surface area contributed by atoms with Gasteiger partial charge in [-0.15, -0.1) is 0 Å². The Morgan fingerprint density at radius 1 is 1.39 bits per heavy atom. The van der Waals surface area contributed by atoms with Crippen molar-refractivity contribution in [2.45, 2.75) is 26.2 Å². The second kappa shape index (κ2) is 4.42. The minimum Gasteiger partial charge on any atom is -0.441 e. The van der Waals surface area contributed by atoms with Crippen molar-refractivity contribution in [3.8, 4) is 0 Å². The molecule has 0 saturated heterocycles. The summed E-state index contributed by atoms with van der Waals surface area (Å²) in [5, 5.41) is 0. The van der Waals surface area contributed by atoms with Crippen LogP contribution >= 0.6 is 0 Å². The molecule has 0 spiro atoms. The van der Waals surface area contributed by atoms with Crippen molar-refractivity contribution in [1.82, 2.24) is 15.8 Å². The summed E-state index contributed by atoms with van der Waals surface area (Å²) in [6, 6.07) is 5.64. The molecule has 1 aromatic heterocycles. The molecule has 0 saturated carbocycles. The quantitative estimate of drug-likeness (QED) is 0.809. The number of hydrogen-bond acceptors (Lipinski definition) is 4. The van der Waals surface area contributed by atoms with Gasteiger partial charge in [0.2, 0.25) is 5.91 Å². The lowest BCUT2D eigenvalue weighted by Crippen LogP contribution is -2.45. The van der Waals surface area contributed by atoms with Gasteiger partial charge in [-0.3, -0.25) is 10.2 Å². The number of aryl methyl sites for hydroxylation is 1. The minimum absolute atomic E-state index is 0.0967. The molecule has 1 heterocycles. The highest BCUT2D eigenvalue weighted by Crippen LogP contribution is 2.27. The zero-order valence-corrected chi connectivity index (χ0v) is 11.0. The lowest BCUT2D eigenvalue weighted by Gasteiger charge is -2.23. The minimum atomic E-state index is -0.641. The van der Waals surface area contributed by atoms with Crippen LogP contribution in [0.2, 0.25) is 0 Å². The van der Waals surface area contributed by atoms with E-state index >= 15 is 0 Å². The number of oxazole rings is 1. The van der Waals surface area contributed by atoms with Crippen molar-refractivity contribution in [3.63, 3.8) is 0 Å². The van der Waals surface area contributed by atoms with E-state index in [2.05, 4.69) is 15.8 Å². The molecule has 96 valence electrons. The summed E-state index contributed by atoms with van der Waals surface area (Å²) >= 11 is 0. The Labute approximate surface area is 106 Å². The molecule has 1 amide bonds. The molecular weight excluding hydrogens is 230 g/mol. The highest BCUT2D eigenvalue weighted by atomic mass is 16.3. The number of rotatable bonds is 3. The van der Waals surface area contributed by atoms with E-state index in [1.54, 1.807) is 14.0 Å². The van der Waals surface area contributed by atoms with Gasteiger partial charge in [-0.1, -0.05) is 6.07 Å². The van der Waals surface area contributed by atoms with E-state index in [0.717, 1.165) is 11.1 Å². The monoisotopic (exact) mass is 247 g/mol. The molecule has 5 heteroatoms. The summed E-state index contributed by atoms with van der Waals surface area (Å²) in [4.78, 5) is 16.2. The second-order valence-electron chi connectivity index (χ2n) is 4.74. The fourth-order valence-corrected chi connectivity index (χ4v) is 1.83. The largest absolute Gasteiger partial charge is 0.441 e. The maximum absolute atomic E-state index is 12.0. The van der Waals surface area contributed by atoms with Gasteiger partial charge in [0.05, 0.1) is 5.41 Å². The van der Waals surface area contributed by atoms with E-state index in [1.165, 1.54) is 0 Å². The Morgan fingerprint density at radius 2 is 2.11 bits per heavy atom. The third-order valence-corrected chi connectivity index (χ3v) is 3.02. The number of nitrogens with zero attached hydrogens (tertiary/aromatic N) is 1. The summed E-state index contributed by atoms with van der Waals surface area (Å²) in [6.45, 7) is 5.53. The molecule has 0 fully saturated rings. The average Bonchev–Trinajstić information content (AvgIpc) is 2.68. The molecule has 2 rings (SSSR count). The molecule has 0 atom stereocenters. The summed E-state index contributed by atoms with van der Waals surface area (Å²) in [7, 11) is 1.66. The molecular formula is C13H17N3O2. The van der Waals surface area contributed by atoms with Gasteiger partial charge in [-0.2, -0.15) is 0 Å². The van der Waals surface area contributed by atoms with E-state index in [-0.39, 0.29) is 5.91 Å². The van der Waals surface area contributed by atoms with Crippen LogP contribution in [0.1, 0.15) is 25.3 Å². The zero-order chi connectivity index (χ0) is 13.3. The molecule has 1 aromatic carbocycles. The number of carbonyl (C=O) groups is 1. The number of carbonyl (C=O) groups excluding carboxylic acids is 1. The van der Waals surface area contributed by atoms with Crippen molar-refractivity contribution in [2.24, 2.45) is 0 Å². The van der Waals surface area contributed by atoms with E-state index in [9.17, 15) is 4.79 Å². The number of aromatic nitrogens is 1. The number of benzene rings is 1. The molecule has 0 bridgehead atoms. The third-order valence-electron chi connectivity index (χ3n) is 3.02. The number of hydrazine groups is 1. The Balaban J connectivity index is 2.43. The normalized spacial score (nSPS) is 11.8. The predicted molar refractivity (Wildman–Crippen MR) is 69.0 cm³/mol. The molecule has 0 aliphatic carbocycles. The number of nitrogens with one attached hydrogen (secondary N) is 2. The predicted octanol–water partition coefficient (Wildman–Crippen LogP) is 1.66. The van der Waals surface area contributed by atoms with E-state index in [1.807, 2.05) is 32.0 Å². The SMILES string of the molecule is CNNC(=O)C(C)(C)c1ccc2nc(C)oc2c1. The van der Waals surface area contributed by atoms with E-state index in [4.69, 9.17) is 4.42 Å². The van der Waals surface area contributed by atoms with Crippen molar-refractivity contribution in [2.75, 3.05) is 7.05 Å². The van der Waals surface area contributed by atoms with Crippen LogP contribution in [-0.4, -0.2) is 17.9 Å². The summed E-state index contributed by atoms with van der Waals surface area (Å²) < 4.78 is 5.48. The van der Waals surface area contributed by atoms with Gasteiger partial charge in [0, 0.05) is 14.0 Å². The summed E-state index contributed by atoms with van der Waals surface area (Å²) in [5.74, 6) is 0.528. The number of hydrogen-bond donors (Lipinski definition) is 2. The smallest absolute Gasteiger partial charge is 0.244 e. The van der Waals surface area contributed by atoms with Gasteiger partial charge in [-0.25, -0.2) is 10.4 Å². The van der Waals surface area contributed by atoms with Gasteiger partial charge in [0.25, 0.3) is 0 Å². The van der Waals surface area contributed by atoms with Crippen LogP contribution in [0.4, 0.5) is 0 Å². The Hall–Kier alpha value is -1.88. The van der Waals surface area contributed by atoms with Crippen LogP contribution < -0.4 is 10.9 Å². The first-order valence-corrected chi connectivity index (χ1v) is 5.80. The van der Waals surface area contributed by atoms with Crippen LogP contribution in [0.25, 0.3) is 11.1 Å². The van der Waals surface area contributed by atoms with Gasteiger partial charge < -0.3 is 4.42 Å². The van der Waals surface area contributed by atoms with E-state index in [0.29, 0.717) is 11.5 Å². The first-order valence-electron chi connectivity index (χ1n) is 5.80. The summed E-state index contributed by atoms with van der Waals surface area (Å²) in [6.07, 6.45) is 0. The number of fused-ring (bicyclic) bond motifs is 1. The molecule has 18 heavy (non-hydrogen) atoms. The molecule has 2 N–H and O–H groups in total. The van der Waals surface area contributed by atoms with Crippen LogP contribution in [0.3, 0.4) is 0 Å². The molecule has 0 aliphatic rings. The van der Waals surface area contributed by atoms with Crippen LogP contribution in [-0.2, 0) is 10.2 Å². The summed E-state index contributed by atoms with van der Waals surface area (Å²) in [5.41, 5.74) is 7.01. The lowest BCUT2D eigenvalue weighted by atomic mass is 9.84. The fourth-order valence-electron chi connectivity index (χ4n) is 1.83. The van der Waals surface area contributed by atoms with E-state index < -0.39 is 5.41 Å². The first-order chi connectivity index (χ1) is 8.45. The molecule has 0 aliphatic heterocycles. The lowest BCUT2D eigenvalue weighted by molar-refractivity contribution is -0.126. The van der Waals surface area contributed by atoms with Crippen LogP contribution in [0, 0.1) is 6.92 Å². The average molecular weight is 247 g/mol. The molecule has 2 aromatic rings. The maximum atomic E-state index is 12.0. The number of amides is 1. The van der Waals surface area contributed by atoms with Gasteiger partial charge in [0.15, 0.2) is 11.5 Å². The van der Waals surface area contributed by atoms with Crippen LogP contribution in [0.5, 0.6) is 0 Å². The van der Waals surface area contributed by atoms with Gasteiger partial charge >= 0.3 is 0 Å². The third kappa shape index (κ3) is 2.09. The van der Waals surface area contributed by atoms with Gasteiger partial charge in [-0.05, 0) is 31.5 Å². The zero-order valence-electron chi connectivity index (χ0n) is 11.0. The molecule has 0 radical (unpaired) electrons. The Bertz CT molecular complexity index is 587. The highest BCUT2D eigenvalue weighted by Gasteiger charge is 2.30. The Kier molecular flexibility index (Phi) is 3.09. The molecule has 5 nitrogen and oxygen atoms in total.